The molecular formula is C18H23NO2S. The van der Waals surface area contributed by atoms with E-state index in [1.54, 1.807) is 0 Å². The summed E-state index contributed by atoms with van der Waals surface area (Å²) in [6.07, 6.45) is 1.71. The first-order valence-electron chi connectivity index (χ1n) is 7.81. The highest BCUT2D eigenvalue weighted by molar-refractivity contribution is 7.16. The molecule has 4 heteroatoms. The molecule has 1 amide bonds. The Kier molecular flexibility index (Phi) is 5.24. The van der Waals surface area contributed by atoms with E-state index in [1.165, 1.54) is 16.9 Å². The molecule has 1 aromatic carbocycles. The van der Waals surface area contributed by atoms with E-state index in [-0.39, 0.29) is 17.0 Å². The van der Waals surface area contributed by atoms with E-state index < -0.39 is 0 Å². The van der Waals surface area contributed by atoms with Crippen molar-refractivity contribution < 1.29 is 9.90 Å². The standard InChI is InChI=1S/C16H17NO2S.C2H6/c1-9(2)17-15(18)14-13-11-6-4-3-5-10(11)7-8-12(13)16(19)20-14;1-2/h3-6,9,19H,7-8H2,1-2H3,(H,17,18);1-2H3. The topological polar surface area (TPSA) is 49.3 Å². The van der Waals surface area contributed by atoms with Crippen LogP contribution < -0.4 is 5.32 Å². The van der Waals surface area contributed by atoms with Crippen molar-refractivity contribution in [2.45, 2.75) is 46.6 Å². The Morgan fingerprint density at radius 2 is 1.91 bits per heavy atom. The third-order valence-corrected chi connectivity index (χ3v) is 4.58. The maximum Gasteiger partial charge on any atom is 0.262 e. The molecule has 1 aliphatic carbocycles. The number of carbonyl (C=O) groups is 1. The Morgan fingerprint density at radius 3 is 2.59 bits per heavy atom. The Hall–Kier alpha value is -1.81. The quantitative estimate of drug-likeness (QED) is 0.863. The number of aromatic hydroxyl groups is 1. The third kappa shape index (κ3) is 3.02. The van der Waals surface area contributed by atoms with Crippen LogP contribution in [0, 0.1) is 0 Å². The fourth-order valence-electron chi connectivity index (χ4n) is 2.70. The average Bonchev–Trinajstić information content (AvgIpc) is 2.86. The summed E-state index contributed by atoms with van der Waals surface area (Å²) < 4.78 is 0. The normalized spacial score (nSPS) is 12.0. The highest BCUT2D eigenvalue weighted by atomic mass is 32.1. The van der Waals surface area contributed by atoms with E-state index >= 15 is 0 Å². The Labute approximate surface area is 136 Å². The summed E-state index contributed by atoms with van der Waals surface area (Å²) in [5.74, 6) is -0.0988. The van der Waals surface area contributed by atoms with Gasteiger partial charge in [0.05, 0.1) is 0 Å². The molecule has 1 heterocycles. The lowest BCUT2D eigenvalue weighted by molar-refractivity contribution is 0.0947. The Bertz CT molecular complexity index is 674. The lowest BCUT2D eigenvalue weighted by atomic mass is 9.86. The van der Waals surface area contributed by atoms with Crippen LogP contribution in [-0.4, -0.2) is 17.1 Å². The number of rotatable bonds is 2. The van der Waals surface area contributed by atoms with Gasteiger partial charge in [-0.1, -0.05) is 49.4 Å². The van der Waals surface area contributed by atoms with Crippen molar-refractivity contribution in [3.8, 4) is 16.2 Å². The number of benzene rings is 1. The third-order valence-electron chi connectivity index (χ3n) is 3.54. The first-order chi connectivity index (χ1) is 10.6. The molecule has 0 fully saturated rings. The second-order valence-corrected chi connectivity index (χ2v) is 6.37. The summed E-state index contributed by atoms with van der Waals surface area (Å²) in [6.45, 7) is 7.87. The largest absolute Gasteiger partial charge is 0.499 e. The number of thiophene rings is 1. The van der Waals surface area contributed by atoms with Crippen LogP contribution in [0.25, 0.3) is 11.1 Å². The van der Waals surface area contributed by atoms with Crippen LogP contribution in [0.5, 0.6) is 5.06 Å². The summed E-state index contributed by atoms with van der Waals surface area (Å²) in [5, 5.41) is 13.3. The smallest absolute Gasteiger partial charge is 0.262 e. The van der Waals surface area contributed by atoms with Gasteiger partial charge in [0.2, 0.25) is 0 Å². The fourth-order valence-corrected chi connectivity index (χ4v) is 3.71. The molecule has 0 unspecified atom stereocenters. The maximum absolute atomic E-state index is 12.3. The van der Waals surface area contributed by atoms with Gasteiger partial charge in [-0.15, -0.1) is 0 Å². The molecule has 0 radical (unpaired) electrons. The average molecular weight is 317 g/mol. The molecule has 1 aromatic heterocycles. The van der Waals surface area contributed by atoms with Gasteiger partial charge < -0.3 is 10.4 Å². The SMILES string of the molecule is CC.CC(C)NC(=O)c1sc(O)c2c1-c1ccccc1CC2. The molecule has 118 valence electrons. The number of aryl methyl sites for hydroxylation is 1. The van der Waals surface area contributed by atoms with Crippen molar-refractivity contribution in [1.29, 1.82) is 0 Å². The van der Waals surface area contributed by atoms with Gasteiger partial charge in [-0.2, -0.15) is 0 Å². The van der Waals surface area contributed by atoms with Crippen molar-refractivity contribution >= 4 is 17.2 Å². The van der Waals surface area contributed by atoms with Crippen LogP contribution in [0.2, 0.25) is 0 Å². The zero-order chi connectivity index (χ0) is 16.3. The number of hydrogen-bond acceptors (Lipinski definition) is 3. The maximum atomic E-state index is 12.3. The molecule has 0 spiro atoms. The van der Waals surface area contributed by atoms with Crippen molar-refractivity contribution in [3.63, 3.8) is 0 Å². The van der Waals surface area contributed by atoms with Gasteiger partial charge in [-0.25, -0.2) is 0 Å². The minimum Gasteiger partial charge on any atom is -0.499 e. The first kappa shape index (κ1) is 16.6. The minimum atomic E-state index is -0.0988. The van der Waals surface area contributed by atoms with Crippen LogP contribution in [0.4, 0.5) is 0 Å². The number of nitrogens with one attached hydrogen (secondary N) is 1. The molecule has 3 rings (SSSR count). The monoisotopic (exact) mass is 317 g/mol. The zero-order valence-corrected chi connectivity index (χ0v) is 14.4. The fraction of sp³-hybridized carbons (Fsp3) is 0.389. The molecule has 0 atom stereocenters. The van der Waals surface area contributed by atoms with E-state index in [9.17, 15) is 9.90 Å². The van der Waals surface area contributed by atoms with E-state index in [1.807, 2.05) is 45.9 Å². The van der Waals surface area contributed by atoms with Gasteiger partial charge in [-0.3, -0.25) is 4.79 Å². The summed E-state index contributed by atoms with van der Waals surface area (Å²) in [5.41, 5.74) is 4.17. The van der Waals surface area contributed by atoms with E-state index in [0.717, 1.165) is 29.5 Å². The molecule has 1 aliphatic rings. The number of fused-ring (bicyclic) bond motifs is 3. The highest BCUT2D eigenvalue weighted by Gasteiger charge is 2.28. The van der Waals surface area contributed by atoms with Gasteiger partial charge in [0, 0.05) is 17.2 Å². The predicted octanol–water partition coefficient (Wildman–Crippen LogP) is 4.38. The summed E-state index contributed by atoms with van der Waals surface area (Å²) >= 11 is 1.19. The van der Waals surface area contributed by atoms with Crippen LogP contribution in [0.15, 0.2) is 24.3 Å². The Morgan fingerprint density at radius 1 is 1.23 bits per heavy atom. The minimum absolute atomic E-state index is 0.0845. The molecule has 0 bridgehead atoms. The molecule has 3 nitrogen and oxygen atoms in total. The lowest BCUT2D eigenvalue weighted by Gasteiger charge is -2.18. The number of amides is 1. The number of carbonyl (C=O) groups excluding carboxylic acids is 1. The zero-order valence-electron chi connectivity index (χ0n) is 13.6. The van der Waals surface area contributed by atoms with Gasteiger partial charge in [0.15, 0.2) is 5.06 Å². The van der Waals surface area contributed by atoms with E-state index in [4.69, 9.17) is 0 Å². The van der Waals surface area contributed by atoms with Gasteiger partial charge >= 0.3 is 0 Å². The van der Waals surface area contributed by atoms with E-state index in [0.29, 0.717) is 4.88 Å². The van der Waals surface area contributed by atoms with Crippen LogP contribution in [0.1, 0.15) is 48.5 Å². The van der Waals surface area contributed by atoms with Crippen molar-refractivity contribution in [1.82, 2.24) is 5.32 Å². The summed E-state index contributed by atoms with van der Waals surface area (Å²) in [7, 11) is 0. The molecule has 22 heavy (non-hydrogen) atoms. The molecule has 2 N–H and O–H groups in total. The Balaban J connectivity index is 0.000000847. The predicted molar refractivity (Wildman–Crippen MR) is 92.8 cm³/mol. The van der Waals surface area contributed by atoms with Crippen LogP contribution >= 0.6 is 11.3 Å². The van der Waals surface area contributed by atoms with Gasteiger partial charge in [0.25, 0.3) is 5.91 Å². The first-order valence-corrected chi connectivity index (χ1v) is 8.63. The molecular weight excluding hydrogens is 294 g/mol. The van der Waals surface area contributed by atoms with Gasteiger partial charge in [0.1, 0.15) is 4.88 Å². The molecule has 2 aromatic rings. The molecule has 0 saturated heterocycles. The summed E-state index contributed by atoms with van der Waals surface area (Å²) in [4.78, 5) is 13.0. The second kappa shape index (κ2) is 6.97. The van der Waals surface area contributed by atoms with Gasteiger partial charge in [-0.05, 0) is 37.8 Å². The van der Waals surface area contributed by atoms with Crippen molar-refractivity contribution in [2.24, 2.45) is 0 Å². The van der Waals surface area contributed by atoms with Crippen LogP contribution in [-0.2, 0) is 12.8 Å². The van der Waals surface area contributed by atoms with Crippen molar-refractivity contribution in [3.05, 3.63) is 40.3 Å². The van der Waals surface area contributed by atoms with Crippen LogP contribution in [0.3, 0.4) is 0 Å². The highest BCUT2D eigenvalue weighted by Crippen LogP contribution is 2.45. The lowest BCUT2D eigenvalue weighted by Crippen LogP contribution is -2.30. The molecule has 0 saturated carbocycles. The summed E-state index contributed by atoms with van der Waals surface area (Å²) in [6, 6.07) is 8.21. The number of hydrogen-bond donors (Lipinski definition) is 2. The second-order valence-electron chi connectivity index (χ2n) is 5.38. The molecule has 0 aliphatic heterocycles. The van der Waals surface area contributed by atoms with Crippen molar-refractivity contribution in [2.75, 3.05) is 0 Å². The van der Waals surface area contributed by atoms with E-state index in [2.05, 4.69) is 11.4 Å².